The van der Waals surface area contributed by atoms with Crippen molar-refractivity contribution in [3.05, 3.63) is 24.3 Å². The molecule has 29 heavy (non-hydrogen) atoms. The van der Waals surface area contributed by atoms with E-state index in [1.807, 2.05) is 0 Å². The summed E-state index contributed by atoms with van der Waals surface area (Å²) in [6, 6.07) is 0. The van der Waals surface area contributed by atoms with Gasteiger partial charge in [-0.2, -0.15) is 0 Å². The molecule has 5 heteroatoms. The fourth-order valence-electron chi connectivity index (χ4n) is 2.83. The second-order valence-corrected chi connectivity index (χ2v) is 7.28. The first-order valence-corrected chi connectivity index (χ1v) is 11.6. The summed E-state index contributed by atoms with van der Waals surface area (Å²) in [5, 5.41) is 11.4. The molecular weight excluding hydrogens is 366 g/mol. The fourth-order valence-corrected chi connectivity index (χ4v) is 2.83. The molecule has 0 bridgehead atoms. The van der Waals surface area contributed by atoms with Crippen LogP contribution in [-0.4, -0.2) is 50.6 Å². The average molecular weight is 412 g/mol. The zero-order valence-electron chi connectivity index (χ0n) is 18.7. The predicted molar refractivity (Wildman–Crippen MR) is 121 cm³/mol. The maximum Gasteiger partial charge on any atom is 0.220 e. The van der Waals surface area contributed by atoms with Crippen LogP contribution in [0, 0.1) is 0 Å². The molecule has 2 N–H and O–H groups in total. The van der Waals surface area contributed by atoms with Crippen molar-refractivity contribution < 1.29 is 19.4 Å². The Kier molecular flexibility index (Phi) is 23.9. The summed E-state index contributed by atoms with van der Waals surface area (Å²) >= 11 is 0. The van der Waals surface area contributed by atoms with E-state index in [1.165, 1.54) is 44.9 Å². The highest BCUT2D eigenvalue weighted by molar-refractivity contribution is 5.75. The van der Waals surface area contributed by atoms with Gasteiger partial charge in [0, 0.05) is 13.0 Å². The lowest BCUT2D eigenvalue weighted by Gasteiger charge is -2.07. The lowest BCUT2D eigenvalue weighted by molar-refractivity contribution is -0.121. The smallest absolute Gasteiger partial charge is 0.220 e. The van der Waals surface area contributed by atoms with Crippen molar-refractivity contribution in [1.82, 2.24) is 5.32 Å². The second-order valence-electron chi connectivity index (χ2n) is 7.28. The first kappa shape index (κ1) is 27.8. The molecule has 170 valence electrons. The Bertz CT molecular complexity index is 396. The minimum absolute atomic E-state index is 0.0320. The number of hydrogen-bond donors (Lipinski definition) is 2. The van der Waals surface area contributed by atoms with Gasteiger partial charge in [0.25, 0.3) is 0 Å². The molecule has 0 atom stereocenters. The van der Waals surface area contributed by atoms with Crippen molar-refractivity contribution in [2.24, 2.45) is 0 Å². The standard InChI is InChI=1S/C24H45NO4/c1-2-3-4-5-6-7-8-9-10-11-12-13-14-15-16-17-24(27)25-18-20-28-22-23-29-21-19-26/h6-7,9-10,26H,2-5,8,11-23H2,1H3,(H,25,27)/b7-6-,10-9-. The molecule has 0 aromatic carbocycles. The first-order valence-electron chi connectivity index (χ1n) is 11.6. The Morgan fingerprint density at radius 2 is 1.41 bits per heavy atom. The van der Waals surface area contributed by atoms with Crippen LogP contribution in [0.5, 0.6) is 0 Å². The number of unbranched alkanes of at least 4 members (excludes halogenated alkanes) is 8. The van der Waals surface area contributed by atoms with E-state index in [4.69, 9.17) is 14.6 Å². The number of nitrogens with one attached hydrogen (secondary N) is 1. The SMILES string of the molecule is CCCCC/C=C\C/C=C\CCCCCCCC(=O)NCCOCCOCCO. The number of aliphatic hydroxyl groups excluding tert-OH is 1. The van der Waals surface area contributed by atoms with E-state index in [0.29, 0.717) is 39.4 Å². The molecule has 0 aliphatic heterocycles. The third-order valence-electron chi connectivity index (χ3n) is 4.53. The Labute approximate surface area is 178 Å². The molecule has 0 spiro atoms. The van der Waals surface area contributed by atoms with Gasteiger partial charge in [0.1, 0.15) is 0 Å². The molecule has 0 saturated carbocycles. The topological polar surface area (TPSA) is 67.8 Å². The zero-order valence-corrected chi connectivity index (χ0v) is 18.7. The third kappa shape index (κ3) is 24.8. The molecule has 0 radical (unpaired) electrons. The van der Waals surface area contributed by atoms with Crippen molar-refractivity contribution in [3.8, 4) is 0 Å². The fraction of sp³-hybridized carbons (Fsp3) is 0.792. The summed E-state index contributed by atoms with van der Waals surface area (Å²) in [5.41, 5.74) is 0. The highest BCUT2D eigenvalue weighted by atomic mass is 16.5. The van der Waals surface area contributed by atoms with Crippen molar-refractivity contribution in [2.75, 3.05) is 39.6 Å². The second kappa shape index (κ2) is 24.9. The monoisotopic (exact) mass is 411 g/mol. The number of rotatable bonds is 22. The van der Waals surface area contributed by atoms with Crippen LogP contribution < -0.4 is 5.32 Å². The summed E-state index contributed by atoms with van der Waals surface area (Å²) in [6.07, 6.45) is 22.9. The summed E-state index contributed by atoms with van der Waals surface area (Å²) in [4.78, 5) is 11.7. The number of allylic oxidation sites excluding steroid dienone is 4. The van der Waals surface area contributed by atoms with E-state index in [2.05, 4.69) is 36.5 Å². The van der Waals surface area contributed by atoms with Gasteiger partial charge in [-0.3, -0.25) is 4.79 Å². The molecule has 1 amide bonds. The van der Waals surface area contributed by atoms with E-state index in [1.54, 1.807) is 0 Å². The van der Waals surface area contributed by atoms with E-state index < -0.39 is 0 Å². The highest BCUT2D eigenvalue weighted by Gasteiger charge is 2.00. The summed E-state index contributed by atoms with van der Waals surface area (Å²) in [5.74, 6) is 0.107. The van der Waals surface area contributed by atoms with Crippen molar-refractivity contribution in [1.29, 1.82) is 0 Å². The number of aliphatic hydroxyl groups is 1. The maximum atomic E-state index is 11.7. The van der Waals surface area contributed by atoms with Crippen molar-refractivity contribution in [2.45, 2.75) is 84.0 Å². The predicted octanol–water partition coefficient (Wildman–Crippen LogP) is 4.94. The Morgan fingerprint density at radius 1 is 0.793 bits per heavy atom. The maximum absolute atomic E-state index is 11.7. The summed E-state index contributed by atoms with van der Waals surface area (Å²) < 4.78 is 10.4. The minimum Gasteiger partial charge on any atom is -0.394 e. The summed E-state index contributed by atoms with van der Waals surface area (Å²) in [6.45, 7) is 4.61. The van der Waals surface area contributed by atoms with E-state index >= 15 is 0 Å². The molecule has 0 aliphatic carbocycles. The molecule has 0 aromatic rings. The van der Waals surface area contributed by atoms with Gasteiger partial charge in [-0.25, -0.2) is 0 Å². The van der Waals surface area contributed by atoms with E-state index in [-0.39, 0.29) is 12.5 Å². The lowest BCUT2D eigenvalue weighted by Crippen LogP contribution is -2.27. The minimum atomic E-state index is 0.0320. The molecule has 0 saturated heterocycles. The van der Waals surface area contributed by atoms with Crippen LogP contribution in [0.15, 0.2) is 24.3 Å². The zero-order chi connectivity index (χ0) is 21.3. The number of hydrogen-bond acceptors (Lipinski definition) is 4. The van der Waals surface area contributed by atoms with E-state index in [0.717, 1.165) is 25.7 Å². The van der Waals surface area contributed by atoms with Gasteiger partial charge in [0.05, 0.1) is 33.0 Å². The van der Waals surface area contributed by atoms with Crippen LogP contribution in [0.25, 0.3) is 0 Å². The number of amides is 1. The normalized spacial score (nSPS) is 11.7. The molecule has 0 rings (SSSR count). The van der Waals surface area contributed by atoms with Crippen LogP contribution in [0.3, 0.4) is 0 Å². The Morgan fingerprint density at radius 3 is 2.10 bits per heavy atom. The average Bonchev–Trinajstić information content (AvgIpc) is 2.72. The molecule has 0 heterocycles. The van der Waals surface area contributed by atoms with Gasteiger partial charge in [0.15, 0.2) is 0 Å². The molecule has 0 aromatic heterocycles. The van der Waals surface area contributed by atoms with Crippen molar-refractivity contribution in [3.63, 3.8) is 0 Å². The van der Waals surface area contributed by atoms with Crippen LogP contribution in [-0.2, 0) is 14.3 Å². The Balaban J connectivity index is 3.25. The van der Waals surface area contributed by atoms with Gasteiger partial charge < -0.3 is 19.9 Å². The quantitative estimate of drug-likeness (QED) is 0.196. The van der Waals surface area contributed by atoms with E-state index in [9.17, 15) is 4.79 Å². The van der Waals surface area contributed by atoms with Gasteiger partial charge in [-0.15, -0.1) is 0 Å². The number of carbonyl (C=O) groups excluding carboxylic acids is 1. The third-order valence-corrected chi connectivity index (χ3v) is 4.53. The lowest BCUT2D eigenvalue weighted by atomic mass is 10.1. The number of ether oxygens (including phenoxy) is 2. The van der Waals surface area contributed by atoms with Gasteiger partial charge in [-0.05, 0) is 38.5 Å². The number of carbonyl (C=O) groups is 1. The van der Waals surface area contributed by atoms with Crippen LogP contribution >= 0.6 is 0 Å². The first-order chi connectivity index (χ1) is 14.3. The van der Waals surface area contributed by atoms with Crippen molar-refractivity contribution >= 4 is 5.91 Å². The Hall–Kier alpha value is -1.17. The van der Waals surface area contributed by atoms with Crippen LogP contribution in [0.4, 0.5) is 0 Å². The van der Waals surface area contributed by atoms with Crippen LogP contribution in [0.2, 0.25) is 0 Å². The molecule has 5 nitrogen and oxygen atoms in total. The highest BCUT2D eigenvalue weighted by Crippen LogP contribution is 2.08. The van der Waals surface area contributed by atoms with Gasteiger partial charge in [-0.1, -0.05) is 63.3 Å². The van der Waals surface area contributed by atoms with Gasteiger partial charge >= 0.3 is 0 Å². The molecule has 0 unspecified atom stereocenters. The molecular formula is C24H45NO4. The summed E-state index contributed by atoms with van der Waals surface area (Å²) in [7, 11) is 0. The molecule has 0 fully saturated rings. The molecule has 0 aliphatic rings. The largest absolute Gasteiger partial charge is 0.394 e. The van der Waals surface area contributed by atoms with Crippen LogP contribution in [0.1, 0.15) is 84.0 Å². The van der Waals surface area contributed by atoms with Gasteiger partial charge in [0.2, 0.25) is 5.91 Å².